The maximum Gasteiger partial charge on any atom is 0.142 e. The topological polar surface area (TPSA) is 119 Å². The first-order valence-corrected chi connectivity index (χ1v) is 9.76. The smallest absolute Gasteiger partial charge is 0.142 e. The van der Waals surface area contributed by atoms with Gasteiger partial charge in [0.05, 0.1) is 24.8 Å². The Bertz CT molecular complexity index is 1080. The monoisotopic (exact) mass is 405 g/mol. The van der Waals surface area contributed by atoms with Crippen LogP contribution in [0.1, 0.15) is 12.0 Å². The van der Waals surface area contributed by atoms with Gasteiger partial charge in [-0.2, -0.15) is 0 Å². The van der Waals surface area contributed by atoms with Crippen molar-refractivity contribution < 1.29 is 9.84 Å². The lowest BCUT2D eigenvalue weighted by molar-refractivity contribution is 0.0503. The molecule has 30 heavy (non-hydrogen) atoms. The second-order valence-electron chi connectivity index (χ2n) is 7.25. The Morgan fingerprint density at radius 3 is 2.97 bits per heavy atom. The zero-order valence-corrected chi connectivity index (χ0v) is 16.6. The molecule has 2 atom stereocenters. The second kappa shape index (κ2) is 8.96. The molecule has 9 heteroatoms. The van der Waals surface area contributed by atoms with E-state index in [-0.39, 0.29) is 6.04 Å². The van der Waals surface area contributed by atoms with E-state index in [4.69, 9.17) is 10.3 Å². The van der Waals surface area contributed by atoms with Gasteiger partial charge in [0, 0.05) is 35.1 Å². The van der Waals surface area contributed by atoms with Crippen molar-refractivity contribution in [2.45, 2.75) is 25.1 Å². The number of fused-ring (bicyclic) bond motifs is 1. The number of rotatable bonds is 6. The Labute approximate surface area is 174 Å². The van der Waals surface area contributed by atoms with E-state index in [0.717, 1.165) is 34.4 Å². The van der Waals surface area contributed by atoms with Crippen molar-refractivity contribution in [3.05, 3.63) is 64.8 Å². The Morgan fingerprint density at radius 1 is 1.30 bits per heavy atom. The standard InChI is InChI=1S/C21H23N7O2/c1-30-16-6-3-5-15(10-16)25-21-20-14(4-2-7-18(20)23-13-24-21)11-28-9-8-17(26-27-22)19(29)12-28/h2-7,10,13,17,19,29H,8-9,11-12H2,1H3,(H,23,24,25)/t17-,19-/m1/s1. The summed E-state index contributed by atoms with van der Waals surface area (Å²) in [7, 11) is 1.64. The van der Waals surface area contributed by atoms with Gasteiger partial charge in [-0.25, -0.2) is 9.97 Å². The Morgan fingerprint density at radius 2 is 2.17 bits per heavy atom. The van der Waals surface area contributed by atoms with Gasteiger partial charge >= 0.3 is 0 Å². The lowest BCUT2D eigenvalue weighted by Gasteiger charge is -2.34. The predicted molar refractivity (Wildman–Crippen MR) is 115 cm³/mol. The first kappa shape index (κ1) is 19.9. The number of aliphatic hydroxyl groups is 1. The summed E-state index contributed by atoms with van der Waals surface area (Å²) in [6.07, 6.45) is 1.50. The van der Waals surface area contributed by atoms with Gasteiger partial charge < -0.3 is 15.2 Å². The summed E-state index contributed by atoms with van der Waals surface area (Å²) >= 11 is 0. The average molecular weight is 405 g/mol. The molecular weight excluding hydrogens is 382 g/mol. The Balaban J connectivity index is 1.62. The van der Waals surface area contributed by atoms with Crippen molar-refractivity contribution in [1.82, 2.24) is 14.9 Å². The molecule has 0 bridgehead atoms. The highest BCUT2D eigenvalue weighted by molar-refractivity contribution is 5.93. The summed E-state index contributed by atoms with van der Waals surface area (Å²) < 4.78 is 5.31. The molecule has 9 nitrogen and oxygen atoms in total. The number of ether oxygens (including phenoxy) is 1. The van der Waals surface area contributed by atoms with Crippen molar-refractivity contribution in [3.63, 3.8) is 0 Å². The fourth-order valence-corrected chi connectivity index (χ4v) is 3.82. The van der Waals surface area contributed by atoms with Crippen LogP contribution in [0.5, 0.6) is 5.75 Å². The maximum absolute atomic E-state index is 10.3. The van der Waals surface area contributed by atoms with Crippen molar-refractivity contribution in [1.29, 1.82) is 0 Å². The number of benzene rings is 2. The molecule has 1 aliphatic rings. The van der Waals surface area contributed by atoms with Crippen LogP contribution in [0.25, 0.3) is 21.3 Å². The van der Waals surface area contributed by atoms with Crippen molar-refractivity contribution in [2.75, 3.05) is 25.5 Å². The van der Waals surface area contributed by atoms with Crippen LogP contribution in [-0.2, 0) is 6.54 Å². The van der Waals surface area contributed by atoms with Crippen molar-refractivity contribution in [3.8, 4) is 5.75 Å². The molecule has 4 rings (SSSR count). The van der Waals surface area contributed by atoms with Crippen LogP contribution in [0.4, 0.5) is 11.5 Å². The zero-order valence-electron chi connectivity index (χ0n) is 16.6. The van der Waals surface area contributed by atoms with Crippen molar-refractivity contribution >= 4 is 22.4 Å². The van der Waals surface area contributed by atoms with Gasteiger partial charge in [-0.15, -0.1) is 0 Å². The van der Waals surface area contributed by atoms with Crippen LogP contribution < -0.4 is 10.1 Å². The third-order valence-corrected chi connectivity index (χ3v) is 5.31. The van der Waals surface area contributed by atoms with E-state index in [1.807, 2.05) is 42.5 Å². The molecule has 2 aromatic carbocycles. The molecule has 1 aliphatic heterocycles. The molecule has 3 aromatic rings. The number of azide groups is 1. The summed E-state index contributed by atoms with van der Waals surface area (Å²) in [6.45, 7) is 1.83. The molecule has 0 aliphatic carbocycles. The number of methoxy groups -OCH3 is 1. The van der Waals surface area contributed by atoms with Gasteiger partial charge in [0.25, 0.3) is 0 Å². The van der Waals surface area contributed by atoms with Gasteiger partial charge in [0.2, 0.25) is 0 Å². The average Bonchev–Trinajstić information content (AvgIpc) is 2.76. The summed E-state index contributed by atoms with van der Waals surface area (Å²) in [6, 6.07) is 13.3. The van der Waals surface area contributed by atoms with Gasteiger partial charge in [-0.1, -0.05) is 23.3 Å². The largest absolute Gasteiger partial charge is 0.497 e. The van der Waals surface area contributed by atoms with Crippen LogP contribution in [0.2, 0.25) is 0 Å². The molecule has 0 spiro atoms. The van der Waals surface area contributed by atoms with Gasteiger partial charge in [0.1, 0.15) is 17.9 Å². The van der Waals surface area contributed by atoms with E-state index in [1.54, 1.807) is 13.4 Å². The van der Waals surface area contributed by atoms with E-state index >= 15 is 0 Å². The molecule has 2 N–H and O–H groups in total. The first-order chi connectivity index (χ1) is 14.7. The molecule has 1 fully saturated rings. The summed E-state index contributed by atoms with van der Waals surface area (Å²) in [5.74, 6) is 1.48. The predicted octanol–water partition coefficient (Wildman–Crippen LogP) is 3.63. The quantitative estimate of drug-likeness (QED) is 0.367. The number of aromatic nitrogens is 2. The number of hydrogen-bond acceptors (Lipinski definition) is 7. The number of likely N-dealkylation sites (tertiary alicyclic amines) is 1. The summed E-state index contributed by atoms with van der Waals surface area (Å²) in [5.41, 5.74) is 11.4. The van der Waals surface area contributed by atoms with Gasteiger partial charge in [0.15, 0.2) is 0 Å². The van der Waals surface area contributed by atoms with Crippen LogP contribution in [-0.4, -0.2) is 52.3 Å². The van der Waals surface area contributed by atoms with E-state index < -0.39 is 6.10 Å². The van der Waals surface area contributed by atoms with E-state index in [2.05, 4.69) is 30.2 Å². The molecule has 0 unspecified atom stereocenters. The maximum atomic E-state index is 10.3. The molecule has 1 aromatic heterocycles. The highest BCUT2D eigenvalue weighted by Crippen LogP contribution is 2.29. The van der Waals surface area contributed by atoms with Crippen LogP contribution in [0.15, 0.2) is 53.9 Å². The van der Waals surface area contributed by atoms with Gasteiger partial charge in [-0.3, -0.25) is 4.90 Å². The third kappa shape index (κ3) is 4.28. The van der Waals surface area contributed by atoms with E-state index in [9.17, 15) is 5.11 Å². The molecule has 0 saturated carbocycles. The van der Waals surface area contributed by atoms with E-state index in [1.165, 1.54) is 0 Å². The third-order valence-electron chi connectivity index (χ3n) is 5.31. The van der Waals surface area contributed by atoms with E-state index in [0.29, 0.717) is 25.3 Å². The lowest BCUT2D eigenvalue weighted by Crippen LogP contribution is -2.45. The highest BCUT2D eigenvalue weighted by Gasteiger charge is 2.27. The summed E-state index contributed by atoms with van der Waals surface area (Å²) in [5, 5.41) is 18.3. The number of nitrogens with one attached hydrogen (secondary N) is 1. The number of piperidine rings is 1. The molecule has 0 amide bonds. The number of anilines is 2. The Kier molecular flexibility index (Phi) is 5.94. The minimum atomic E-state index is -0.671. The lowest BCUT2D eigenvalue weighted by atomic mass is 10.0. The number of β-amino-alcohol motifs (C(OH)–C–C–N with tert-alkyl or cyclic N) is 1. The number of aliphatic hydroxyl groups excluding tert-OH is 1. The molecular formula is C21H23N7O2. The van der Waals surface area contributed by atoms with Crippen molar-refractivity contribution in [2.24, 2.45) is 5.11 Å². The minimum absolute atomic E-state index is 0.368. The fraction of sp³-hybridized carbons (Fsp3) is 0.333. The molecule has 2 heterocycles. The molecule has 154 valence electrons. The zero-order chi connectivity index (χ0) is 20.9. The first-order valence-electron chi connectivity index (χ1n) is 9.76. The van der Waals surface area contributed by atoms with Crippen LogP contribution in [0, 0.1) is 0 Å². The highest BCUT2D eigenvalue weighted by atomic mass is 16.5. The van der Waals surface area contributed by atoms with Crippen LogP contribution >= 0.6 is 0 Å². The molecule has 1 saturated heterocycles. The fourth-order valence-electron chi connectivity index (χ4n) is 3.82. The summed E-state index contributed by atoms with van der Waals surface area (Å²) in [4.78, 5) is 13.9. The molecule has 0 radical (unpaired) electrons. The number of hydrogen-bond donors (Lipinski definition) is 2. The number of nitrogens with zero attached hydrogens (tertiary/aromatic N) is 6. The Hall–Kier alpha value is -3.39. The SMILES string of the molecule is COc1cccc(Nc2ncnc3cccc(CN4CC[C@@H](N=[N+]=[N-])[C@H](O)C4)c23)c1. The van der Waals surface area contributed by atoms with Crippen LogP contribution in [0.3, 0.4) is 0 Å². The minimum Gasteiger partial charge on any atom is -0.497 e. The normalized spacial score (nSPS) is 19.3. The second-order valence-corrected chi connectivity index (χ2v) is 7.25. The van der Waals surface area contributed by atoms with Gasteiger partial charge in [-0.05, 0) is 42.3 Å².